The molecule has 0 heterocycles. The minimum atomic E-state index is -3.74. The average molecular weight is 513 g/mol. The van der Waals surface area contributed by atoms with E-state index in [2.05, 4.69) is 21.7 Å². The van der Waals surface area contributed by atoms with Crippen molar-refractivity contribution in [1.82, 2.24) is 9.73 Å². The molecule has 0 aliphatic rings. The van der Waals surface area contributed by atoms with Crippen LogP contribution in [0.25, 0.3) is 0 Å². The molecule has 36 heavy (non-hydrogen) atoms. The molecular formula is C27H36N4O4S. The first-order chi connectivity index (χ1) is 16.7. The lowest BCUT2D eigenvalue weighted by atomic mass is 10.1. The summed E-state index contributed by atoms with van der Waals surface area (Å²) in [6, 6.07) is 14.8. The highest BCUT2D eigenvalue weighted by atomic mass is 32.2. The molecule has 0 aliphatic carbocycles. The Kier molecular flexibility index (Phi) is 9.58. The maximum atomic E-state index is 12.4. The molecule has 0 aromatic heterocycles. The molecule has 8 nitrogen and oxygen atoms in total. The lowest BCUT2D eigenvalue weighted by Gasteiger charge is -2.21. The van der Waals surface area contributed by atoms with Crippen LogP contribution in [0.3, 0.4) is 0 Å². The smallest absolute Gasteiger partial charge is 0.255 e. The summed E-state index contributed by atoms with van der Waals surface area (Å²) in [5, 5.41) is 9.17. The third kappa shape index (κ3) is 8.64. The fraction of sp³-hybridized carbons (Fsp3) is 0.370. The van der Waals surface area contributed by atoms with Gasteiger partial charge in [0, 0.05) is 29.1 Å². The first-order valence-electron chi connectivity index (χ1n) is 11.7. The van der Waals surface area contributed by atoms with Crippen molar-refractivity contribution in [3.63, 3.8) is 0 Å². The van der Waals surface area contributed by atoms with Gasteiger partial charge in [-0.25, -0.2) is 8.42 Å². The lowest BCUT2D eigenvalue weighted by molar-refractivity contribution is -0.119. The van der Waals surface area contributed by atoms with Gasteiger partial charge in [-0.15, -0.1) is 0 Å². The number of hydrazone groups is 1. The summed E-state index contributed by atoms with van der Waals surface area (Å²) >= 11 is 0. The van der Waals surface area contributed by atoms with Crippen LogP contribution >= 0.6 is 0 Å². The molecule has 0 saturated heterocycles. The minimum Gasteiger partial charge on any atom is -0.322 e. The Labute approximate surface area is 214 Å². The van der Waals surface area contributed by atoms with Crippen LogP contribution in [0, 0.1) is 6.92 Å². The highest BCUT2D eigenvalue weighted by molar-refractivity contribution is 7.91. The molecular weight excluding hydrogens is 476 g/mol. The predicted octanol–water partition coefficient (Wildman–Crippen LogP) is 4.98. The van der Waals surface area contributed by atoms with E-state index in [1.807, 2.05) is 50.2 Å². The summed E-state index contributed by atoms with van der Waals surface area (Å²) in [7, 11) is -3.74. The molecule has 0 spiro atoms. The molecule has 0 radical (unpaired) electrons. The van der Waals surface area contributed by atoms with Gasteiger partial charge >= 0.3 is 0 Å². The van der Waals surface area contributed by atoms with E-state index in [9.17, 15) is 18.0 Å². The van der Waals surface area contributed by atoms with Gasteiger partial charge < -0.3 is 5.32 Å². The molecule has 194 valence electrons. The van der Waals surface area contributed by atoms with E-state index in [0.717, 1.165) is 11.1 Å². The van der Waals surface area contributed by atoms with Crippen molar-refractivity contribution in [2.24, 2.45) is 5.10 Å². The van der Waals surface area contributed by atoms with Gasteiger partial charge in [0.05, 0.1) is 11.3 Å². The van der Waals surface area contributed by atoms with E-state index in [0.29, 0.717) is 35.6 Å². The zero-order chi connectivity index (χ0) is 27.1. The monoisotopic (exact) mass is 512 g/mol. The first-order valence-corrected chi connectivity index (χ1v) is 13.2. The van der Waals surface area contributed by atoms with Crippen molar-refractivity contribution in [2.45, 2.75) is 65.7 Å². The van der Waals surface area contributed by atoms with Crippen molar-refractivity contribution >= 4 is 33.2 Å². The maximum Gasteiger partial charge on any atom is 0.255 e. The molecule has 0 atom stereocenters. The maximum absolute atomic E-state index is 12.4. The van der Waals surface area contributed by atoms with Crippen LogP contribution in [0.1, 0.15) is 68.9 Å². The number of nitrogens with zero attached hydrogens (tertiary/aromatic N) is 2. The Bertz CT molecular complexity index is 1230. The van der Waals surface area contributed by atoms with Gasteiger partial charge in [-0.1, -0.05) is 36.4 Å². The highest BCUT2D eigenvalue weighted by Crippen LogP contribution is 2.17. The van der Waals surface area contributed by atoms with Crippen LogP contribution in [-0.4, -0.2) is 35.7 Å². The summed E-state index contributed by atoms with van der Waals surface area (Å²) in [6.07, 6.45) is 0.309. The average Bonchev–Trinajstić information content (AvgIpc) is 2.77. The third-order valence-corrected chi connectivity index (χ3v) is 7.47. The van der Waals surface area contributed by atoms with Crippen LogP contribution in [0.5, 0.6) is 0 Å². The van der Waals surface area contributed by atoms with Crippen LogP contribution < -0.4 is 10.0 Å². The first kappa shape index (κ1) is 28.8. The van der Waals surface area contributed by atoms with Crippen LogP contribution in [-0.2, 0) is 21.4 Å². The highest BCUT2D eigenvalue weighted by Gasteiger charge is 2.30. The zero-order valence-corrected chi connectivity index (χ0v) is 22.7. The Morgan fingerprint density at radius 1 is 0.972 bits per heavy atom. The number of rotatable bonds is 10. The molecule has 0 aliphatic heterocycles. The number of benzene rings is 2. The van der Waals surface area contributed by atoms with Crippen molar-refractivity contribution < 1.29 is 18.0 Å². The molecule has 0 saturated carbocycles. The van der Waals surface area contributed by atoms with Gasteiger partial charge in [-0.05, 0) is 77.8 Å². The normalized spacial score (nSPS) is 12.1. The van der Waals surface area contributed by atoms with Crippen molar-refractivity contribution in [2.75, 3.05) is 5.32 Å². The third-order valence-electron chi connectivity index (χ3n) is 5.36. The van der Waals surface area contributed by atoms with Crippen molar-refractivity contribution in [3.05, 3.63) is 77.5 Å². The fourth-order valence-electron chi connectivity index (χ4n) is 2.93. The van der Waals surface area contributed by atoms with Gasteiger partial charge in [0.2, 0.25) is 15.9 Å². The SMILES string of the molecule is C=C(C)N(Cc1ccc(NC(=O)c2ccc(C)cc2)cc1)/N=C(/C)CCC(=O)NS(=O)(=O)C(C)(C)C. The summed E-state index contributed by atoms with van der Waals surface area (Å²) in [5.74, 6) is -0.740. The molecule has 2 amide bonds. The number of carbonyl (C=O) groups is 2. The number of anilines is 1. The predicted molar refractivity (Wildman–Crippen MR) is 145 cm³/mol. The second kappa shape index (κ2) is 12.0. The molecule has 2 aromatic rings. The van der Waals surface area contributed by atoms with Gasteiger partial charge in [0.25, 0.3) is 5.91 Å². The van der Waals surface area contributed by atoms with E-state index in [4.69, 9.17) is 0 Å². The number of hydrogen-bond acceptors (Lipinski definition) is 6. The molecule has 0 unspecified atom stereocenters. The van der Waals surface area contributed by atoms with E-state index in [1.54, 1.807) is 24.1 Å². The fourth-order valence-corrected chi connectivity index (χ4v) is 3.64. The molecule has 9 heteroatoms. The van der Waals surface area contributed by atoms with Crippen molar-refractivity contribution in [3.8, 4) is 0 Å². The molecule has 2 aromatic carbocycles. The molecule has 0 fully saturated rings. The lowest BCUT2D eigenvalue weighted by Crippen LogP contribution is -2.42. The number of aryl methyl sites for hydroxylation is 1. The summed E-state index contributed by atoms with van der Waals surface area (Å²) in [5.41, 5.74) is 4.70. The quantitative estimate of drug-likeness (QED) is 0.345. The van der Waals surface area contributed by atoms with Crippen molar-refractivity contribution in [1.29, 1.82) is 0 Å². The van der Waals surface area contributed by atoms with Crippen LogP contribution in [0.4, 0.5) is 5.69 Å². The summed E-state index contributed by atoms with van der Waals surface area (Å²) in [4.78, 5) is 24.6. The number of carbonyl (C=O) groups excluding carboxylic acids is 2. The molecule has 2 N–H and O–H groups in total. The van der Waals surface area contributed by atoms with E-state index >= 15 is 0 Å². The van der Waals surface area contributed by atoms with Gasteiger partial charge in [-0.3, -0.25) is 19.3 Å². The Hall–Kier alpha value is -3.46. The number of nitrogens with one attached hydrogen (secondary N) is 2. The number of sulfonamides is 1. The summed E-state index contributed by atoms with van der Waals surface area (Å²) in [6.45, 7) is 14.6. The largest absolute Gasteiger partial charge is 0.322 e. The van der Waals surface area contributed by atoms with E-state index in [1.165, 1.54) is 20.8 Å². The second-order valence-electron chi connectivity index (χ2n) is 9.79. The van der Waals surface area contributed by atoms with E-state index < -0.39 is 20.7 Å². The summed E-state index contributed by atoms with van der Waals surface area (Å²) < 4.78 is 25.3. The Morgan fingerprint density at radius 2 is 1.56 bits per heavy atom. The topological polar surface area (TPSA) is 108 Å². The zero-order valence-electron chi connectivity index (χ0n) is 21.9. The molecule has 2 rings (SSSR count). The van der Waals surface area contributed by atoms with E-state index in [-0.39, 0.29) is 12.3 Å². The Morgan fingerprint density at radius 3 is 2.08 bits per heavy atom. The van der Waals surface area contributed by atoms with Gasteiger partial charge in [0.15, 0.2) is 0 Å². The molecule has 0 bridgehead atoms. The van der Waals surface area contributed by atoms with Crippen LogP contribution in [0.15, 0.2) is 65.9 Å². The van der Waals surface area contributed by atoms with Crippen LogP contribution in [0.2, 0.25) is 0 Å². The Balaban J connectivity index is 1.97. The number of allylic oxidation sites excluding steroid dienone is 1. The second-order valence-corrected chi connectivity index (χ2v) is 12.2. The van der Waals surface area contributed by atoms with Gasteiger partial charge in [-0.2, -0.15) is 5.10 Å². The number of hydrogen-bond donors (Lipinski definition) is 2. The number of amides is 2. The standard InChI is InChI=1S/C27H36N4O4S/c1-19(2)31(29-21(4)10-17-25(32)30-36(34,35)27(5,6)7)18-22-11-15-24(16-12-22)28-26(33)23-13-8-20(3)9-14-23/h8-9,11-16H,1,10,17-18H2,2-7H3,(H,28,33)(H,30,32)/b29-21-. The van der Waals surface area contributed by atoms with Gasteiger partial charge in [0.1, 0.15) is 0 Å². The minimum absolute atomic E-state index is 0.00402.